The molecule has 0 aromatic heterocycles. The van der Waals surface area contributed by atoms with Gasteiger partial charge in [-0.05, 0) is 55.3 Å². The standard InChI is InChI=1S/C19H21ClN2O3/c1-12-10-13(2)17(16(20)11-12)22-19(24)15-6-4-14(5-7-15)18(23)21-8-9-25-3/h4-7,10-11H,8-9H2,1-3H3,(H,21,23)(H,22,24). The maximum absolute atomic E-state index is 12.4. The van der Waals surface area contributed by atoms with Crippen LogP contribution in [0.1, 0.15) is 31.8 Å². The van der Waals surface area contributed by atoms with E-state index in [9.17, 15) is 9.59 Å². The monoisotopic (exact) mass is 360 g/mol. The van der Waals surface area contributed by atoms with Gasteiger partial charge in [-0.15, -0.1) is 0 Å². The number of halogens is 1. The highest BCUT2D eigenvalue weighted by Gasteiger charge is 2.12. The molecule has 0 radical (unpaired) electrons. The maximum Gasteiger partial charge on any atom is 0.255 e. The Balaban J connectivity index is 2.07. The summed E-state index contributed by atoms with van der Waals surface area (Å²) in [6.07, 6.45) is 0. The van der Waals surface area contributed by atoms with Crippen LogP contribution in [0.3, 0.4) is 0 Å². The number of carbonyl (C=O) groups excluding carboxylic acids is 2. The fourth-order valence-electron chi connectivity index (χ4n) is 2.40. The Morgan fingerprint density at radius 3 is 2.20 bits per heavy atom. The van der Waals surface area contributed by atoms with Gasteiger partial charge in [0.2, 0.25) is 0 Å². The van der Waals surface area contributed by atoms with Gasteiger partial charge in [-0.3, -0.25) is 9.59 Å². The lowest BCUT2D eigenvalue weighted by Crippen LogP contribution is -2.27. The molecule has 6 heteroatoms. The number of benzene rings is 2. The summed E-state index contributed by atoms with van der Waals surface area (Å²) in [6, 6.07) is 10.2. The third kappa shape index (κ3) is 5.05. The lowest BCUT2D eigenvalue weighted by atomic mass is 10.1. The van der Waals surface area contributed by atoms with E-state index in [1.165, 1.54) is 0 Å². The van der Waals surface area contributed by atoms with E-state index in [-0.39, 0.29) is 11.8 Å². The second-order valence-corrected chi connectivity index (χ2v) is 6.13. The van der Waals surface area contributed by atoms with E-state index in [4.69, 9.17) is 16.3 Å². The molecule has 0 spiro atoms. The first kappa shape index (κ1) is 19.0. The summed E-state index contributed by atoms with van der Waals surface area (Å²) < 4.78 is 4.88. The van der Waals surface area contributed by atoms with Crippen LogP contribution < -0.4 is 10.6 Å². The van der Waals surface area contributed by atoms with Gasteiger partial charge in [-0.25, -0.2) is 0 Å². The maximum atomic E-state index is 12.4. The van der Waals surface area contributed by atoms with Crippen LogP contribution in [-0.4, -0.2) is 32.1 Å². The first-order valence-electron chi connectivity index (χ1n) is 7.87. The van der Waals surface area contributed by atoms with Crippen molar-refractivity contribution in [3.05, 3.63) is 63.7 Å². The van der Waals surface area contributed by atoms with Crippen LogP contribution in [-0.2, 0) is 4.74 Å². The number of methoxy groups -OCH3 is 1. The summed E-state index contributed by atoms with van der Waals surface area (Å²) in [5.41, 5.74) is 3.46. The number of amides is 2. The first-order chi connectivity index (χ1) is 11.9. The average molecular weight is 361 g/mol. The summed E-state index contributed by atoms with van der Waals surface area (Å²) in [5, 5.41) is 6.05. The first-order valence-corrected chi connectivity index (χ1v) is 8.25. The van der Waals surface area contributed by atoms with Gasteiger partial charge in [0.15, 0.2) is 0 Å². The number of nitrogens with one attached hydrogen (secondary N) is 2. The third-order valence-corrected chi connectivity index (χ3v) is 3.97. The van der Waals surface area contributed by atoms with Crippen LogP contribution in [0.2, 0.25) is 5.02 Å². The summed E-state index contributed by atoms with van der Waals surface area (Å²) >= 11 is 6.22. The van der Waals surface area contributed by atoms with Crippen molar-refractivity contribution >= 4 is 29.1 Å². The molecule has 0 unspecified atom stereocenters. The van der Waals surface area contributed by atoms with E-state index in [0.29, 0.717) is 35.0 Å². The molecule has 0 bridgehead atoms. The predicted molar refractivity (Wildman–Crippen MR) is 99.5 cm³/mol. The van der Waals surface area contributed by atoms with Crippen molar-refractivity contribution in [1.82, 2.24) is 5.32 Å². The van der Waals surface area contributed by atoms with E-state index < -0.39 is 0 Å². The fourth-order valence-corrected chi connectivity index (χ4v) is 2.77. The Bertz CT molecular complexity index is 750. The summed E-state index contributed by atoms with van der Waals surface area (Å²) in [5.74, 6) is -0.485. The van der Waals surface area contributed by atoms with Gasteiger partial charge < -0.3 is 15.4 Å². The van der Waals surface area contributed by atoms with Gasteiger partial charge in [0, 0.05) is 24.8 Å². The zero-order valence-corrected chi connectivity index (χ0v) is 15.2. The molecule has 5 nitrogen and oxygen atoms in total. The molecule has 0 saturated heterocycles. The van der Waals surface area contributed by atoms with E-state index in [0.717, 1.165) is 11.1 Å². The number of aryl methyl sites for hydroxylation is 2. The molecule has 2 aromatic rings. The molecule has 0 atom stereocenters. The largest absolute Gasteiger partial charge is 0.383 e. The van der Waals surface area contributed by atoms with Gasteiger partial charge >= 0.3 is 0 Å². The molecule has 0 fully saturated rings. The number of anilines is 1. The van der Waals surface area contributed by atoms with Crippen LogP contribution in [0, 0.1) is 13.8 Å². The molecule has 25 heavy (non-hydrogen) atoms. The third-order valence-electron chi connectivity index (χ3n) is 3.67. The lowest BCUT2D eigenvalue weighted by molar-refractivity contribution is 0.0935. The van der Waals surface area contributed by atoms with Crippen LogP contribution in [0.25, 0.3) is 0 Å². The van der Waals surface area contributed by atoms with Gasteiger partial charge in [0.1, 0.15) is 0 Å². The summed E-state index contributed by atoms with van der Waals surface area (Å²) in [7, 11) is 1.57. The van der Waals surface area contributed by atoms with E-state index in [1.807, 2.05) is 19.9 Å². The Hall–Kier alpha value is -2.37. The van der Waals surface area contributed by atoms with Crippen molar-refractivity contribution in [3.8, 4) is 0 Å². The number of carbonyl (C=O) groups is 2. The number of rotatable bonds is 6. The Morgan fingerprint density at radius 2 is 1.64 bits per heavy atom. The minimum Gasteiger partial charge on any atom is -0.383 e. The minimum absolute atomic E-state index is 0.207. The zero-order chi connectivity index (χ0) is 18.4. The van der Waals surface area contributed by atoms with Crippen LogP contribution in [0.4, 0.5) is 5.69 Å². The molecule has 0 saturated carbocycles. The Kier molecular flexibility index (Phi) is 6.56. The second kappa shape index (κ2) is 8.65. The molecule has 0 heterocycles. The van der Waals surface area contributed by atoms with E-state index in [2.05, 4.69) is 10.6 Å². The molecule has 2 aromatic carbocycles. The number of ether oxygens (including phenoxy) is 1. The zero-order valence-electron chi connectivity index (χ0n) is 14.5. The summed E-state index contributed by atoms with van der Waals surface area (Å²) in [4.78, 5) is 24.3. The average Bonchev–Trinajstić information content (AvgIpc) is 2.58. The van der Waals surface area contributed by atoms with Crippen molar-refractivity contribution in [2.75, 3.05) is 25.6 Å². The quantitative estimate of drug-likeness (QED) is 0.773. The molecule has 2 amide bonds. The van der Waals surface area contributed by atoms with Gasteiger partial charge in [-0.1, -0.05) is 17.7 Å². The second-order valence-electron chi connectivity index (χ2n) is 5.72. The molecule has 0 aliphatic rings. The van der Waals surface area contributed by atoms with E-state index in [1.54, 1.807) is 37.4 Å². The van der Waals surface area contributed by atoms with Crippen molar-refractivity contribution in [1.29, 1.82) is 0 Å². The van der Waals surface area contributed by atoms with Crippen LogP contribution in [0.15, 0.2) is 36.4 Å². The van der Waals surface area contributed by atoms with Crippen molar-refractivity contribution in [3.63, 3.8) is 0 Å². The molecule has 2 N–H and O–H groups in total. The van der Waals surface area contributed by atoms with Crippen molar-refractivity contribution in [2.45, 2.75) is 13.8 Å². The van der Waals surface area contributed by atoms with Gasteiger partial charge in [-0.2, -0.15) is 0 Å². The summed E-state index contributed by atoms with van der Waals surface area (Å²) in [6.45, 7) is 4.72. The van der Waals surface area contributed by atoms with Gasteiger partial charge in [0.05, 0.1) is 17.3 Å². The normalized spacial score (nSPS) is 10.4. The molecule has 0 aliphatic carbocycles. The SMILES string of the molecule is COCCNC(=O)c1ccc(C(=O)Nc2c(C)cc(C)cc2Cl)cc1. The van der Waals surface area contributed by atoms with Crippen LogP contribution >= 0.6 is 11.6 Å². The highest BCUT2D eigenvalue weighted by atomic mass is 35.5. The topological polar surface area (TPSA) is 67.4 Å². The molecule has 2 rings (SSSR count). The number of hydrogen-bond donors (Lipinski definition) is 2. The fraction of sp³-hybridized carbons (Fsp3) is 0.263. The van der Waals surface area contributed by atoms with Gasteiger partial charge in [0.25, 0.3) is 11.8 Å². The number of hydrogen-bond acceptors (Lipinski definition) is 3. The Labute approximate surface area is 152 Å². The molecular formula is C19H21ClN2O3. The molecule has 0 aliphatic heterocycles. The smallest absolute Gasteiger partial charge is 0.255 e. The molecule has 132 valence electrons. The highest BCUT2D eigenvalue weighted by molar-refractivity contribution is 6.34. The predicted octanol–water partition coefficient (Wildman–Crippen LogP) is 3.59. The van der Waals surface area contributed by atoms with Crippen LogP contribution in [0.5, 0.6) is 0 Å². The van der Waals surface area contributed by atoms with Crippen molar-refractivity contribution in [2.24, 2.45) is 0 Å². The Morgan fingerprint density at radius 1 is 1.04 bits per heavy atom. The highest BCUT2D eigenvalue weighted by Crippen LogP contribution is 2.27. The lowest BCUT2D eigenvalue weighted by Gasteiger charge is -2.12. The van der Waals surface area contributed by atoms with E-state index >= 15 is 0 Å². The molecular weight excluding hydrogens is 340 g/mol. The van der Waals surface area contributed by atoms with Crippen molar-refractivity contribution < 1.29 is 14.3 Å². The minimum atomic E-state index is -0.278.